The zero-order valence-corrected chi connectivity index (χ0v) is 8.05. The second-order valence-corrected chi connectivity index (χ2v) is 4.40. The van der Waals surface area contributed by atoms with Gasteiger partial charge in [0.2, 0.25) is 0 Å². The lowest BCUT2D eigenvalue weighted by molar-refractivity contribution is 0.198. The molecule has 1 nitrogen and oxygen atoms in total. The summed E-state index contributed by atoms with van der Waals surface area (Å²) in [4.78, 5) is 0. The van der Waals surface area contributed by atoms with Crippen molar-refractivity contribution in [3.63, 3.8) is 0 Å². The minimum Gasteiger partial charge on any atom is -0.361 e. The standard InChI is InChI=1S/C11H11ClO/c12-9-4-2-8(3-5-9)10-11(13-10)6-1-7-11/h2-5,10H,1,6-7H2/t10-/m1/s1. The van der Waals surface area contributed by atoms with Gasteiger partial charge in [-0.2, -0.15) is 0 Å². The molecule has 1 heterocycles. The van der Waals surface area contributed by atoms with Crippen LogP contribution in [0.4, 0.5) is 0 Å². The van der Waals surface area contributed by atoms with Crippen molar-refractivity contribution in [3.8, 4) is 0 Å². The van der Waals surface area contributed by atoms with Crippen LogP contribution in [0.3, 0.4) is 0 Å². The van der Waals surface area contributed by atoms with Crippen LogP contribution in [0.25, 0.3) is 0 Å². The fourth-order valence-electron chi connectivity index (χ4n) is 2.12. The van der Waals surface area contributed by atoms with Crippen LogP contribution in [0.1, 0.15) is 30.9 Å². The molecular weight excluding hydrogens is 184 g/mol. The summed E-state index contributed by atoms with van der Waals surface area (Å²) in [6, 6.07) is 8.01. The van der Waals surface area contributed by atoms with Crippen LogP contribution in [0.5, 0.6) is 0 Å². The molecule has 68 valence electrons. The number of rotatable bonds is 1. The van der Waals surface area contributed by atoms with E-state index in [9.17, 15) is 0 Å². The van der Waals surface area contributed by atoms with Gasteiger partial charge in [0.15, 0.2) is 0 Å². The maximum atomic E-state index is 5.81. The van der Waals surface area contributed by atoms with Gasteiger partial charge in [-0.05, 0) is 37.0 Å². The SMILES string of the molecule is Clc1ccc([C@H]2OC23CCC3)cc1. The van der Waals surface area contributed by atoms with E-state index in [2.05, 4.69) is 12.1 Å². The smallest absolute Gasteiger partial charge is 0.112 e. The maximum absolute atomic E-state index is 5.81. The number of hydrogen-bond acceptors (Lipinski definition) is 1. The molecule has 1 aromatic carbocycles. The summed E-state index contributed by atoms with van der Waals surface area (Å²) in [5.41, 5.74) is 1.53. The van der Waals surface area contributed by atoms with Crippen molar-refractivity contribution in [1.29, 1.82) is 0 Å². The highest BCUT2D eigenvalue weighted by Crippen LogP contribution is 2.61. The molecule has 0 bridgehead atoms. The van der Waals surface area contributed by atoms with Crippen LogP contribution in [-0.2, 0) is 4.74 Å². The predicted molar refractivity (Wildman–Crippen MR) is 51.9 cm³/mol. The summed E-state index contributed by atoms with van der Waals surface area (Å²) >= 11 is 5.81. The fourth-order valence-corrected chi connectivity index (χ4v) is 2.24. The van der Waals surface area contributed by atoms with Gasteiger partial charge in [-0.25, -0.2) is 0 Å². The lowest BCUT2D eigenvalue weighted by atomic mass is 9.80. The van der Waals surface area contributed by atoms with E-state index in [4.69, 9.17) is 16.3 Å². The fraction of sp³-hybridized carbons (Fsp3) is 0.455. The van der Waals surface area contributed by atoms with Crippen molar-refractivity contribution < 1.29 is 4.74 Å². The largest absolute Gasteiger partial charge is 0.361 e. The molecule has 0 amide bonds. The Morgan fingerprint density at radius 3 is 2.38 bits per heavy atom. The molecule has 1 atom stereocenters. The van der Waals surface area contributed by atoms with E-state index in [-0.39, 0.29) is 5.60 Å². The van der Waals surface area contributed by atoms with Crippen LogP contribution in [0, 0.1) is 0 Å². The van der Waals surface area contributed by atoms with Crippen LogP contribution < -0.4 is 0 Å². The summed E-state index contributed by atoms with van der Waals surface area (Å²) in [6.45, 7) is 0. The van der Waals surface area contributed by atoms with Crippen molar-refractivity contribution in [1.82, 2.24) is 0 Å². The van der Waals surface area contributed by atoms with Gasteiger partial charge < -0.3 is 4.74 Å². The molecule has 13 heavy (non-hydrogen) atoms. The van der Waals surface area contributed by atoms with E-state index in [1.165, 1.54) is 24.8 Å². The van der Waals surface area contributed by atoms with Crippen LogP contribution in [-0.4, -0.2) is 5.60 Å². The number of halogens is 1. The monoisotopic (exact) mass is 194 g/mol. The first-order chi connectivity index (χ1) is 6.30. The minimum atomic E-state index is 0.244. The average Bonchev–Trinajstić information content (AvgIpc) is 2.80. The Morgan fingerprint density at radius 1 is 1.23 bits per heavy atom. The second-order valence-electron chi connectivity index (χ2n) is 3.97. The maximum Gasteiger partial charge on any atom is 0.112 e. The molecule has 2 aliphatic rings. The van der Waals surface area contributed by atoms with Gasteiger partial charge in [0.05, 0.1) is 5.60 Å². The van der Waals surface area contributed by atoms with Gasteiger partial charge >= 0.3 is 0 Å². The topological polar surface area (TPSA) is 12.5 Å². The third-order valence-electron chi connectivity index (χ3n) is 3.15. The summed E-state index contributed by atoms with van der Waals surface area (Å²) < 4.78 is 5.72. The Labute approximate surface area is 82.7 Å². The highest BCUT2D eigenvalue weighted by molar-refractivity contribution is 6.30. The van der Waals surface area contributed by atoms with E-state index in [1.807, 2.05) is 12.1 Å². The molecule has 1 saturated heterocycles. The number of epoxide rings is 1. The Balaban J connectivity index is 1.83. The summed E-state index contributed by atoms with van der Waals surface area (Å²) in [6.07, 6.45) is 4.16. The molecule has 1 aliphatic heterocycles. The van der Waals surface area contributed by atoms with E-state index in [0.29, 0.717) is 6.10 Å². The molecule has 2 fully saturated rings. The van der Waals surface area contributed by atoms with Crippen LogP contribution >= 0.6 is 11.6 Å². The zero-order valence-electron chi connectivity index (χ0n) is 7.29. The van der Waals surface area contributed by atoms with Gasteiger partial charge in [0, 0.05) is 5.02 Å². The van der Waals surface area contributed by atoms with E-state index >= 15 is 0 Å². The third kappa shape index (κ3) is 1.11. The Kier molecular flexibility index (Phi) is 1.50. The molecule has 1 spiro atoms. The molecule has 0 radical (unpaired) electrons. The van der Waals surface area contributed by atoms with Gasteiger partial charge in [0.1, 0.15) is 6.10 Å². The third-order valence-corrected chi connectivity index (χ3v) is 3.40. The summed E-state index contributed by atoms with van der Waals surface area (Å²) in [5.74, 6) is 0. The number of ether oxygens (including phenoxy) is 1. The molecular formula is C11H11ClO. The highest BCUT2D eigenvalue weighted by Gasteiger charge is 2.60. The first kappa shape index (κ1) is 7.84. The van der Waals surface area contributed by atoms with Gasteiger partial charge in [-0.3, -0.25) is 0 Å². The molecule has 1 aliphatic carbocycles. The zero-order chi connectivity index (χ0) is 8.89. The van der Waals surface area contributed by atoms with Crippen molar-refractivity contribution in [2.45, 2.75) is 31.0 Å². The van der Waals surface area contributed by atoms with Crippen LogP contribution in [0.2, 0.25) is 5.02 Å². The van der Waals surface area contributed by atoms with Gasteiger partial charge in [-0.15, -0.1) is 0 Å². The quantitative estimate of drug-likeness (QED) is 0.625. The molecule has 1 aromatic rings. The van der Waals surface area contributed by atoms with Crippen LogP contribution in [0.15, 0.2) is 24.3 Å². The summed E-state index contributed by atoms with van der Waals surface area (Å²) in [7, 11) is 0. The van der Waals surface area contributed by atoms with Crippen molar-refractivity contribution in [2.24, 2.45) is 0 Å². The lowest BCUT2D eigenvalue weighted by Crippen LogP contribution is -2.22. The molecule has 0 unspecified atom stereocenters. The van der Waals surface area contributed by atoms with E-state index in [0.717, 1.165) is 5.02 Å². The number of benzene rings is 1. The normalized spacial score (nSPS) is 28.5. The second kappa shape index (κ2) is 2.49. The van der Waals surface area contributed by atoms with Crippen molar-refractivity contribution in [3.05, 3.63) is 34.9 Å². The molecule has 1 saturated carbocycles. The average molecular weight is 195 g/mol. The molecule has 0 aromatic heterocycles. The van der Waals surface area contributed by atoms with E-state index < -0.39 is 0 Å². The summed E-state index contributed by atoms with van der Waals surface area (Å²) in [5, 5.41) is 0.798. The highest BCUT2D eigenvalue weighted by atomic mass is 35.5. The Bertz CT molecular complexity index is 326. The lowest BCUT2D eigenvalue weighted by Gasteiger charge is -2.21. The predicted octanol–water partition coefficient (Wildman–Crippen LogP) is 3.33. The van der Waals surface area contributed by atoms with E-state index in [1.54, 1.807) is 0 Å². The van der Waals surface area contributed by atoms with Gasteiger partial charge in [-0.1, -0.05) is 23.7 Å². The minimum absolute atomic E-state index is 0.244. The number of hydrogen-bond donors (Lipinski definition) is 0. The Morgan fingerprint density at radius 2 is 1.92 bits per heavy atom. The Hall–Kier alpha value is -0.530. The van der Waals surface area contributed by atoms with Crippen molar-refractivity contribution in [2.75, 3.05) is 0 Å². The van der Waals surface area contributed by atoms with Crippen molar-refractivity contribution >= 4 is 11.6 Å². The molecule has 2 heteroatoms. The molecule has 3 rings (SSSR count). The first-order valence-electron chi connectivity index (χ1n) is 4.73. The van der Waals surface area contributed by atoms with Gasteiger partial charge in [0.25, 0.3) is 0 Å². The molecule has 0 N–H and O–H groups in total. The first-order valence-corrected chi connectivity index (χ1v) is 5.11.